The largest absolute Gasteiger partial charge is 0.479 e. The zero-order valence-corrected chi connectivity index (χ0v) is 30.2. The fourth-order valence-electron chi connectivity index (χ4n) is 5.70. The fourth-order valence-corrected chi connectivity index (χ4v) is 5.70. The Balaban J connectivity index is 3.81. The summed E-state index contributed by atoms with van der Waals surface area (Å²) in [5, 5.41) is 19.2. The number of carboxylic acid groups (broad SMARTS) is 2. The van der Waals surface area contributed by atoms with E-state index in [1.807, 2.05) is 0 Å². The van der Waals surface area contributed by atoms with Crippen LogP contribution in [0.25, 0.3) is 0 Å². The average molecular weight is 651 g/mol. The molecule has 6 nitrogen and oxygen atoms in total. The lowest BCUT2D eigenvalue weighted by Crippen LogP contribution is -2.44. The van der Waals surface area contributed by atoms with Crippen molar-refractivity contribution in [1.82, 2.24) is 0 Å². The summed E-state index contributed by atoms with van der Waals surface area (Å²) in [5.41, 5.74) is 0. The van der Waals surface area contributed by atoms with E-state index >= 15 is 0 Å². The standard InChI is InChI=1S/C40H74O6/c1-3-5-7-9-11-13-15-17-19-21-23-25-27-29-31-33-35-45-37(39(41)42)38(40(43)44)46-36-34-32-30-28-26-24-22-20-18-16-14-12-10-8-6-4-2/h17-20,37-38H,3-16,21-36H2,1-2H3,(H,41,42)(H,43,44)/b19-17-,20-18-. The number of unbranched alkanes of at least 4 members (excludes halogenated alkanes) is 24. The molecule has 0 amide bonds. The quantitative estimate of drug-likeness (QED) is 0.0513. The van der Waals surface area contributed by atoms with E-state index in [9.17, 15) is 19.8 Å². The van der Waals surface area contributed by atoms with Crippen LogP contribution < -0.4 is 0 Å². The summed E-state index contributed by atoms with van der Waals surface area (Å²) in [6.07, 6.45) is 39.9. The number of carbonyl (C=O) groups is 2. The minimum atomic E-state index is -1.48. The first-order valence-corrected chi connectivity index (χ1v) is 19.5. The maximum Gasteiger partial charge on any atom is 0.336 e. The summed E-state index contributed by atoms with van der Waals surface area (Å²) in [7, 11) is 0. The Bertz CT molecular complexity index is 659. The molecule has 0 aromatic carbocycles. The van der Waals surface area contributed by atoms with Crippen LogP contribution >= 0.6 is 0 Å². The molecule has 46 heavy (non-hydrogen) atoms. The Kier molecular flexibility index (Phi) is 34.9. The second-order valence-corrected chi connectivity index (χ2v) is 13.1. The molecule has 0 spiro atoms. The van der Waals surface area contributed by atoms with Crippen LogP contribution in [0.15, 0.2) is 24.3 Å². The first kappa shape index (κ1) is 44.3. The molecule has 0 radical (unpaired) electrons. The third kappa shape index (κ3) is 31.0. The second kappa shape index (κ2) is 36.2. The molecule has 0 bridgehead atoms. The summed E-state index contributed by atoms with van der Waals surface area (Å²) in [6, 6.07) is 0. The van der Waals surface area contributed by atoms with Gasteiger partial charge in [-0.15, -0.1) is 0 Å². The third-order valence-electron chi connectivity index (χ3n) is 8.67. The van der Waals surface area contributed by atoms with E-state index in [-0.39, 0.29) is 13.2 Å². The Hall–Kier alpha value is -1.66. The van der Waals surface area contributed by atoms with Crippen molar-refractivity contribution < 1.29 is 29.3 Å². The first-order valence-electron chi connectivity index (χ1n) is 19.5. The van der Waals surface area contributed by atoms with E-state index < -0.39 is 24.1 Å². The summed E-state index contributed by atoms with van der Waals surface area (Å²) in [4.78, 5) is 23.5. The van der Waals surface area contributed by atoms with Gasteiger partial charge in [0, 0.05) is 13.2 Å². The fraction of sp³-hybridized carbons (Fsp3) is 0.850. The predicted molar refractivity (Wildman–Crippen MR) is 194 cm³/mol. The molecule has 0 fully saturated rings. The zero-order chi connectivity index (χ0) is 33.8. The molecule has 0 saturated carbocycles. The highest BCUT2D eigenvalue weighted by molar-refractivity contribution is 5.83. The average Bonchev–Trinajstić information content (AvgIpc) is 3.04. The minimum Gasteiger partial charge on any atom is -0.479 e. The summed E-state index contributed by atoms with van der Waals surface area (Å²) >= 11 is 0. The van der Waals surface area contributed by atoms with E-state index in [0.717, 1.165) is 64.2 Å². The Morgan fingerprint density at radius 2 is 0.652 bits per heavy atom. The molecule has 2 unspecified atom stereocenters. The molecular formula is C40H74O6. The topological polar surface area (TPSA) is 93.1 Å². The van der Waals surface area contributed by atoms with Crippen LogP contribution in [0.5, 0.6) is 0 Å². The van der Waals surface area contributed by atoms with E-state index in [4.69, 9.17) is 9.47 Å². The number of hydrogen-bond acceptors (Lipinski definition) is 4. The van der Waals surface area contributed by atoms with Crippen molar-refractivity contribution in [3.63, 3.8) is 0 Å². The van der Waals surface area contributed by atoms with Gasteiger partial charge in [0.25, 0.3) is 0 Å². The van der Waals surface area contributed by atoms with Gasteiger partial charge in [-0.1, -0.05) is 154 Å². The SMILES string of the molecule is CCCCCCCC/C=C\CCCCCCCCOC(C(=O)O)C(OCCCCCCCC/C=C\CCCCCCCC)C(=O)O. The van der Waals surface area contributed by atoms with Gasteiger partial charge in [-0.25, -0.2) is 9.59 Å². The lowest BCUT2D eigenvalue weighted by molar-refractivity contribution is -0.176. The highest BCUT2D eigenvalue weighted by atomic mass is 16.6. The van der Waals surface area contributed by atoms with Crippen LogP contribution in [0.2, 0.25) is 0 Å². The highest BCUT2D eigenvalue weighted by Gasteiger charge is 2.35. The van der Waals surface area contributed by atoms with E-state index in [1.54, 1.807) is 0 Å². The molecule has 6 heteroatoms. The van der Waals surface area contributed by atoms with Crippen LogP contribution in [0.1, 0.15) is 194 Å². The van der Waals surface area contributed by atoms with Crippen molar-refractivity contribution in [2.75, 3.05) is 13.2 Å². The lowest BCUT2D eigenvalue weighted by Gasteiger charge is -2.21. The first-order chi connectivity index (χ1) is 22.5. The van der Waals surface area contributed by atoms with Crippen LogP contribution in [-0.2, 0) is 19.1 Å². The Labute approximate surface area is 284 Å². The number of aliphatic carboxylic acids is 2. The van der Waals surface area contributed by atoms with Crippen LogP contribution in [0, 0.1) is 0 Å². The smallest absolute Gasteiger partial charge is 0.336 e. The zero-order valence-electron chi connectivity index (χ0n) is 30.2. The molecule has 0 rings (SSSR count). The van der Waals surface area contributed by atoms with E-state index in [0.29, 0.717) is 0 Å². The third-order valence-corrected chi connectivity index (χ3v) is 8.67. The predicted octanol–water partition coefficient (Wildman–Crippen LogP) is 12.0. The number of carboxylic acids is 2. The van der Waals surface area contributed by atoms with Gasteiger partial charge in [0.15, 0.2) is 12.2 Å². The molecule has 0 aromatic rings. The molecule has 2 N–H and O–H groups in total. The maximum atomic E-state index is 11.8. The Morgan fingerprint density at radius 1 is 0.413 bits per heavy atom. The second-order valence-electron chi connectivity index (χ2n) is 13.1. The molecule has 0 aliphatic carbocycles. The van der Waals surface area contributed by atoms with Crippen molar-refractivity contribution in [2.24, 2.45) is 0 Å². The van der Waals surface area contributed by atoms with Gasteiger partial charge in [-0.2, -0.15) is 0 Å². The van der Waals surface area contributed by atoms with Crippen molar-refractivity contribution in [1.29, 1.82) is 0 Å². The number of rotatable bonds is 37. The maximum absolute atomic E-state index is 11.8. The normalized spacial score (nSPS) is 13.2. The molecule has 0 aliphatic heterocycles. The van der Waals surface area contributed by atoms with Gasteiger partial charge in [-0.05, 0) is 64.2 Å². The van der Waals surface area contributed by atoms with Crippen molar-refractivity contribution >= 4 is 11.9 Å². The van der Waals surface area contributed by atoms with Crippen LogP contribution in [0.4, 0.5) is 0 Å². The summed E-state index contributed by atoms with van der Waals surface area (Å²) < 4.78 is 11.0. The molecular weight excluding hydrogens is 576 g/mol. The van der Waals surface area contributed by atoms with Crippen molar-refractivity contribution in [3.8, 4) is 0 Å². The highest BCUT2D eigenvalue weighted by Crippen LogP contribution is 2.14. The summed E-state index contributed by atoms with van der Waals surface area (Å²) in [5.74, 6) is -2.56. The van der Waals surface area contributed by atoms with Crippen molar-refractivity contribution in [3.05, 3.63) is 24.3 Å². The van der Waals surface area contributed by atoms with Gasteiger partial charge < -0.3 is 19.7 Å². The molecule has 270 valence electrons. The van der Waals surface area contributed by atoms with Gasteiger partial charge >= 0.3 is 11.9 Å². The lowest BCUT2D eigenvalue weighted by atomic mass is 10.1. The number of ether oxygens (including phenoxy) is 2. The Morgan fingerprint density at radius 3 is 0.913 bits per heavy atom. The van der Waals surface area contributed by atoms with E-state index in [2.05, 4.69) is 38.2 Å². The monoisotopic (exact) mass is 651 g/mol. The molecule has 0 saturated heterocycles. The van der Waals surface area contributed by atoms with Gasteiger partial charge in [0.1, 0.15) is 0 Å². The molecule has 2 atom stereocenters. The van der Waals surface area contributed by atoms with E-state index in [1.165, 1.54) is 116 Å². The van der Waals surface area contributed by atoms with Gasteiger partial charge in [-0.3, -0.25) is 0 Å². The minimum absolute atomic E-state index is 0.236. The van der Waals surface area contributed by atoms with Gasteiger partial charge in [0.2, 0.25) is 0 Å². The summed E-state index contributed by atoms with van der Waals surface area (Å²) in [6.45, 7) is 4.98. The number of allylic oxidation sites excluding steroid dienone is 4. The van der Waals surface area contributed by atoms with Crippen LogP contribution in [0.3, 0.4) is 0 Å². The number of hydrogen-bond donors (Lipinski definition) is 2. The molecule has 0 aromatic heterocycles. The van der Waals surface area contributed by atoms with Crippen LogP contribution in [-0.4, -0.2) is 47.6 Å². The molecule has 0 aliphatic rings. The van der Waals surface area contributed by atoms with Crippen molar-refractivity contribution in [2.45, 2.75) is 206 Å². The van der Waals surface area contributed by atoms with Gasteiger partial charge in [0.05, 0.1) is 0 Å². The molecule has 0 heterocycles.